The molecule has 0 saturated heterocycles. The first-order valence-corrected chi connectivity index (χ1v) is 7.51. The number of carbonyl (C=O) groups excluding carboxylic acids is 1. The Bertz CT molecular complexity index is 316. The van der Waals surface area contributed by atoms with Crippen LogP contribution < -0.4 is 10.6 Å². The zero-order valence-corrected chi connectivity index (χ0v) is 13.5. The predicted molar refractivity (Wildman–Crippen MR) is 79.7 cm³/mol. The number of nitrogens with one attached hydrogen (secondary N) is 2. The normalized spacial score (nSPS) is 25.5. The highest BCUT2D eigenvalue weighted by Gasteiger charge is 2.32. The monoisotopic (exact) mass is 286 g/mol. The Kier molecular flexibility index (Phi) is 5.83. The van der Waals surface area contributed by atoms with E-state index in [2.05, 4.69) is 24.5 Å². The summed E-state index contributed by atoms with van der Waals surface area (Å²) in [5.41, 5.74) is -0.501. The number of ether oxygens (including phenoxy) is 1. The van der Waals surface area contributed by atoms with E-state index in [0.29, 0.717) is 6.04 Å². The van der Waals surface area contributed by atoms with E-state index in [1.807, 2.05) is 20.8 Å². The van der Waals surface area contributed by atoms with Gasteiger partial charge in [0.05, 0.1) is 0 Å². The number of carbonyl (C=O) groups is 1. The van der Waals surface area contributed by atoms with Gasteiger partial charge in [-0.3, -0.25) is 0 Å². The largest absolute Gasteiger partial charge is 0.444 e. The molecule has 1 unspecified atom stereocenters. The minimum atomic E-state index is -0.449. The lowest BCUT2D eigenvalue weighted by Gasteiger charge is -2.39. The van der Waals surface area contributed by atoms with E-state index in [1.165, 1.54) is 0 Å². The highest BCUT2D eigenvalue weighted by atomic mass is 16.6. The molecule has 118 valence electrons. The van der Waals surface area contributed by atoms with Crippen molar-refractivity contribution in [3.05, 3.63) is 0 Å². The maximum atomic E-state index is 11.6. The van der Waals surface area contributed by atoms with Gasteiger partial charge in [-0.15, -0.1) is 0 Å². The molecule has 20 heavy (non-hydrogen) atoms. The SMILES string of the molecule is CCC(C)(CO)CNC1CC(NC(=O)OC(C)(C)C)C1. The summed E-state index contributed by atoms with van der Waals surface area (Å²) in [6, 6.07) is 0.622. The molecule has 1 amide bonds. The van der Waals surface area contributed by atoms with Crippen molar-refractivity contribution in [3.63, 3.8) is 0 Å². The maximum Gasteiger partial charge on any atom is 0.407 e. The second kappa shape index (κ2) is 6.76. The van der Waals surface area contributed by atoms with Crippen LogP contribution in [0.25, 0.3) is 0 Å². The van der Waals surface area contributed by atoms with Crippen molar-refractivity contribution < 1.29 is 14.6 Å². The first kappa shape index (κ1) is 17.2. The summed E-state index contributed by atoms with van der Waals surface area (Å²) in [6.45, 7) is 10.8. The van der Waals surface area contributed by atoms with Gasteiger partial charge < -0.3 is 20.5 Å². The minimum absolute atomic E-state index is 0.0519. The summed E-state index contributed by atoms with van der Waals surface area (Å²) in [4.78, 5) is 11.6. The third-order valence-electron chi connectivity index (χ3n) is 3.91. The molecule has 0 aromatic rings. The van der Waals surface area contributed by atoms with Gasteiger partial charge in [-0.2, -0.15) is 0 Å². The van der Waals surface area contributed by atoms with E-state index in [0.717, 1.165) is 25.8 Å². The molecule has 5 nitrogen and oxygen atoms in total. The van der Waals surface area contributed by atoms with Gasteiger partial charge in [-0.05, 0) is 40.0 Å². The predicted octanol–water partition coefficient (Wildman–Crippen LogP) is 2.04. The lowest BCUT2D eigenvalue weighted by atomic mass is 9.84. The Hall–Kier alpha value is -0.810. The third-order valence-corrected chi connectivity index (χ3v) is 3.91. The Labute approximate surface area is 122 Å². The van der Waals surface area contributed by atoms with Crippen molar-refractivity contribution >= 4 is 6.09 Å². The highest BCUT2D eigenvalue weighted by molar-refractivity contribution is 5.68. The van der Waals surface area contributed by atoms with Crippen molar-refractivity contribution in [2.45, 2.75) is 71.6 Å². The van der Waals surface area contributed by atoms with Gasteiger partial charge in [-0.1, -0.05) is 13.8 Å². The van der Waals surface area contributed by atoms with Crippen LogP contribution in [0.5, 0.6) is 0 Å². The lowest BCUT2D eigenvalue weighted by Crippen LogP contribution is -2.54. The number of amides is 1. The van der Waals surface area contributed by atoms with Gasteiger partial charge >= 0.3 is 6.09 Å². The van der Waals surface area contributed by atoms with E-state index in [9.17, 15) is 9.90 Å². The average molecular weight is 286 g/mol. The molecule has 1 aliphatic carbocycles. The topological polar surface area (TPSA) is 70.6 Å². The summed E-state index contributed by atoms with van der Waals surface area (Å²) < 4.78 is 5.22. The number of aliphatic hydroxyl groups is 1. The second-order valence-electron chi connectivity index (χ2n) is 7.21. The first-order valence-electron chi connectivity index (χ1n) is 7.51. The molecular weight excluding hydrogens is 256 g/mol. The molecule has 1 rings (SSSR count). The Morgan fingerprint density at radius 3 is 2.30 bits per heavy atom. The van der Waals surface area contributed by atoms with Crippen molar-refractivity contribution in [2.75, 3.05) is 13.2 Å². The molecule has 5 heteroatoms. The summed E-state index contributed by atoms with van der Waals surface area (Å²) in [5, 5.41) is 15.7. The van der Waals surface area contributed by atoms with E-state index in [4.69, 9.17) is 4.74 Å². The molecule has 3 N–H and O–H groups in total. The smallest absolute Gasteiger partial charge is 0.407 e. The molecule has 0 bridgehead atoms. The lowest BCUT2D eigenvalue weighted by molar-refractivity contribution is 0.0459. The van der Waals surface area contributed by atoms with Gasteiger partial charge in [-0.25, -0.2) is 4.79 Å². The van der Waals surface area contributed by atoms with Crippen molar-refractivity contribution in [2.24, 2.45) is 5.41 Å². The quantitative estimate of drug-likeness (QED) is 0.699. The molecule has 1 fully saturated rings. The van der Waals surface area contributed by atoms with Crippen LogP contribution >= 0.6 is 0 Å². The number of hydrogen-bond donors (Lipinski definition) is 3. The molecule has 0 aliphatic heterocycles. The van der Waals surface area contributed by atoms with Gasteiger partial charge in [0.2, 0.25) is 0 Å². The summed E-state index contributed by atoms with van der Waals surface area (Å²) in [5.74, 6) is 0. The van der Waals surface area contributed by atoms with Gasteiger partial charge in [0, 0.05) is 30.7 Å². The number of aliphatic hydroxyl groups excluding tert-OH is 1. The van der Waals surface area contributed by atoms with Crippen LogP contribution in [-0.2, 0) is 4.74 Å². The first-order chi connectivity index (χ1) is 9.17. The van der Waals surface area contributed by atoms with E-state index in [-0.39, 0.29) is 24.2 Å². The zero-order valence-electron chi connectivity index (χ0n) is 13.5. The van der Waals surface area contributed by atoms with E-state index < -0.39 is 5.60 Å². The van der Waals surface area contributed by atoms with Crippen molar-refractivity contribution in [1.29, 1.82) is 0 Å². The zero-order chi connectivity index (χ0) is 15.4. The average Bonchev–Trinajstić information content (AvgIpc) is 2.29. The minimum Gasteiger partial charge on any atom is -0.444 e. The fraction of sp³-hybridized carbons (Fsp3) is 0.933. The Morgan fingerprint density at radius 1 is 1.25 bits per heavy atom. The highest BCUT2D eigenvalue weighted by Crippen LogP contribution is 2.24. The van der Waals surface area contributed by atoms with Crippen LogP contribution in [0.15, 0.2) is 0 Å². The third kappa shape index (κ3) is 5.67. The molecule has 0 aromatic heterocycles. The standard InChI is InChI=1S/C15H30N2O3/c1-6-15(5,10-18)9-16-11-7-12(8-11)17-13(19)20-14(2,3)4/h11-12,16,18H,6-10H2,1-5H3,(H,17,19). The van der Waals surface area contributed by atoms with Crippen LogP contribution in [0.2, 0.25) is 0 Å². The van der Waals surface area contributed by atoms with Crippen LogP contribution in [0.4, 0.5) is 4.79 Å². The Balaban J connectivity index is 2.19. The summed E-state index contributed by atoms with van der Waals surface area (Å²) >= 11 is 0. The number of hydrogen-bond acceptors (Lipinski definition) is 4. The maximum absolute atomic E-state index is 11.6. The summed E-state index contributed by atoms with van der Waals surface area (Å²) in [6.07, 6.45) is 2.45. The fourth-order valence-electron chi connectivity index (χ4n) is 2.06. The van der Waals surface area contributed by atoms with Crippen molar-refractivity contribution in [1.82, 2.24) is 10.6 Å². The van der Waals surface area contributed by atoms with Gasteiger partial charge in [0.15, 0.2) is 0 Å². The van der Waals surface area contributed by atoms with Crippen molar-refractivity contribution in [3.8, 4) is 0 Å². The van der Waals surface area contributed by atoms with Gasteiger partial charge in [0.1, 0.15) is 5.60 Å². The van der Waals surface area contributed by atoms with Crippen LogP contribution in [0.1, 0.15) is 53.9 Å². The second-order valence-corrected chi connectivity index (χ2v) is 7.21. The fourth-order valence-corrected chi connectivity index (χ4v) is 2.06. The van der Waals surface area contributed by atoms with Crippen LogP contribution in [0, 0.1) is 5.41 Å². The molecule has 0 aromatic carbocycles. The molecule has 1 atom stereocenters. The van der Waals surface area contributed by atoms with E-state index >= 15 is 0 Å². The molecule has 1 aliphatic rings. The molecule has 0 heterocycles. The van der Waals surface area contributed by atoms with E-state index in [1.54, 1.807) is 0 Å². The molecule has 0 radical (unpaired) electrons. The number of rotatable bonds is 6. The molecule has 0 spiro atoms. The molecule has 1 saturated carbocycles. The Morgan fingerprint density at radius 2 is 1.85 bits per heavy atom. The van der Waals surface area contributed by atoms with Gasteiger partial charge in [0.25, 0.3) is 0 Å². The number of alkyl carbamates (subject to hydrolysis) is 1. The van der Waals surface area contributed by atoms with Crippen LogP contribution in [-0.4, -0.2) is 42.0 Å². The van der Waals surface area contributed by atoms with Crippen LogP contribution in [0.3, 0.4) is 0 Å². The molecular formula is C15H30N2O3. The summed E-state index contributed by atoms with van der Waals surface area (Å²) in [7, 11) is 0.